The highest BCUT2D eigenvalue weighted by molar-refractivity contribution is 6.30. The number of nitrogens with zero attached hydrogens (tertiary/aromatic N) is 2. The van der Waals surface area contributed by atoms with E-state index in [1.54, 1.807) is 36.9 Å². The van der Waals surface area contributed by atoms with Gasteiger partial charge >= 0.3 is 6.09 Å². The number of halogens is 1. The summed E-state index contributed by atoms with van der Waals surface area (Å²) in [5.74, 6) is 0.302. The van der Waals surface area contributed by atoms with Gasteiger partial charge in [0.25, 0.3) is 5.69 Å². The second kappa shape index (κ2) is 10.1. The van der Waals surface area contributed by atoms with Crippen LogP contribution in [-0.4, -0.2) is 61.1 Å². The molecule has 2 aliphatic rings. The number of rotatable bonds is 7. The number of aliphatic hydroxyl groups is 1. The van der Waals surface area contributed by atoms with Gasteiger partial charge < -0.3 is 34.3 Å². The van der Waals surface area contributed by atoms with Crippen LogP contribution < -0.4 is 15.0 Å². The van der Waals surface area contributed by atoms with Crippen molar-refractivity contribution in [2.45, 2.75) is 50.5 Å². The number of nitro benzene ring substituents is 1. The maximum absolute atomic E-state index is 12.4. The van der Waals surface area contributed by atoms with Crippen LogP contribution in [-0.2, 0) is 20.6 Å². The number of methoxy groups -OCH3 is 2. The van der Waals surface area contributed by atoms with Crippen molar-refractivity contribution in [1.29, 1.82) is 0 Å². The highest BCUT2D eigenvalue weighted by Gasteiger charge is 2.56. The van der Waals surface area contributed by atoms with Crippen molar-refractivity contribution in [3.8, 4) is 5.75 Å². The van der Waals surface area contributed by atoms with Crippen molar-refractivity contribution >= 4 is 29.1 Å². The van der Waals surface area contributed by atoms with Crippen molar-refractivity contribution in [2.24, 2.45) is 0 Å². The van der Waals surface area contributed by atoms with Gasteiger partial charge in [0, 0.05) is 55.6 Å². The number of ether oxygens (including phenoxy) is 4. The number of benzene rings is 2. The van der Waals surface area contributed by atoms with Gasteiger partial charge in [-0.05, 0) is 43.7 Å². The van der Waals surface area contributed by atoms with Crippen LogP contribution in [0.3, 0.4) is 0 Å². The number of aliphatic hydroxyl groups excluding tert-OH is 1. The van der Waals surface area contributed by atoms with Crippen LogP contribution in [0.25, 0.3) is 0 Å². The van der Waals surface area contributed by atoms with Crippen molar-refractivity contribution in [2.75, 3.05) is 25.7 Å². The van der Waals surface area contributed by atoms with Gasteiger partial charge in [0.2, 0.25) is 0 Å². The van der Waals surface area contributed by atoms with Crippen LogP contribution in [0.1, 0.15) is 31.0 Å². The summed E-state index contributed by atoms with van der Waals surface area (Å²) in [6.07, 6.45) is -3.52. The number of carbonyl (C=O) groups excluding carboxylic acids is 1. The first-order valence-corrected chi connectivity index (χ1v) is 11.7. The Kier molecular flexibility index (Phi) is 7.28. The number of hydrogen-bond donors (Lipinski definition) is 2. The second-order valence-corrected chi connectivity index (χ2v) is 9.17. The van der Waals surface area contributed by atoms with Gasteiger partial charge in [-0.15, -0.1) is 0 Å². The van der Waals surface area contributed by atoms with Gasteiger partial charge in [-0.2, -0.15) is 0 Å². The average molecular weight is 522 g/mol. The molecule has 4 rings (SSSR count). The first kappa shape index (κ1) is 26.0. The number of nitro groups is 1. The Hall–Kier alpha value is -3.12. The molecule has 36 heavy (non-hydrogen) atoms. The minimum Gasteiger partial charge on any atom is -0.479 e. The SMILES string of the molecule is CCNC(=O)O[C@H]1Cc2cc(Cl)ccc2N1[C@H]1c2cc([N+](=O)[O-])ccc2O[C@](C)(C(OC)OC)[C@@H]1O. The summed E-state index contributed by atoms with van der Waals surface area (Å²) in [6, 6.07) is 8.43. The molecule has 0 bridgehead atoms. The monoisotopic (exact) mass is 521 g/mol. The molecule has 0 aliphatic carbocycles. The van der Waals surface area contributed by atoms with Crippen LogP contribution in [0.15, 0.2) is 36.4 Å². The van der Waals surface area contributed by atoms with Crippen LogP contribution in [0.4, 0.5) is 16.2 Å². The molecular formula is C24H28ClN3O8. The summed E-state index contributed by atoms with van der Waals surface area (Å²) < 4.78 is 22.8. The molecule has 0 spiro atoms. The highest BCUT2D eigenvalue weighted by atomic mass is 35.5. The van der Waals surface area contributed by atoms with Crippen LogP contribution in [0.2, 0.25) is 5.02 Å². The van der Waals surface area contributed by atoms with E-state index in [4.69, 9.17) is 30.5 Å². The van der Waals surface area contributed by atoms with Crippen molar-refractivity contribution in [1.82, 2.24) is 5.32 Å². The highest BCUT2D eigenvalue weighted by Crippen LogP contribution is 2.50. The Morgan fingerprint density at radius 2 is 2.06 bits per heavy atom. The zero-order valence-corrected chi connectivity index (χ0v) is 21.0. The van der Waals surface area contributed by atoms with Crippen LogP contribution >= 0.6 is 11.6 Å². The van der Waals surface area contributed by atoms with E-state index >= 15 is 0 Å². The number of nitrogens with one attached hydrogen (secondary N) is 1. The molecule has 1 amide bonds. The third-order valence-electron chi connectivity index (χ3n) is 6.52. The van der Waals surface area contributed by atoms with Gasteiger partial charge in [-0.25, -0.2) is 4.79 Å². The van der Waals surface area contributed by atoms with Gasteiger partial charge in [-0.1, -0.05) is 11.6 Å². The average Bonchev–Trinajstić information content (AvgIpc) is 3.16. The quantitative estimate of drug-likeness (QED) is 0.319. The standard InChI is InChI=1S/C24H28ClN3O8/c1-5-26-23(30)35-19-11-13-10-14(25)6-8-17(13)27(19)20-16-12-15(28(31)32)7-9-18(16)36-24(2,21(20)29)22(33-3)34-4/h6-10,12,19-22,29H,5,11H2,1-4H3,(H,26,30)/t19-,20-,21+,24-/m0/s1. The number of hydrogen-bond acceptors (Lipinski definition) is 9. The zero-order valence-electron chi connectivity index (χ0n) is 20.3. The molecule has 0 fully saturated rings. The molecule has 2 heterocycles. The molecule has 2 N–H and O–H groups in total. The topological polar surface area (TPSA) is 133 Å². The number of carbonyl (C=O) groups is 1. The predicted molar refractivity (Wildman–Crippen MR) is 130 cm³/mol. The van der Waals surface area contributed by atoms with E-state index < -0.39 is 41.3 Å². The van der Waals surface area contributed by atoms with E-state index in [1.165, 1.54) is 32.4 Å². The lowest BCUT2D eigenvalue weighted by Gasteiger charge is -2.50. The maximum Gasteiger partial charge on any atom is 0.409 e. The summed E-state index contributed by atoms with van der Waals surface area (Å²) in [6.45, 7) is 3.76. The lowest BCUT2D eigenvalue weighted by atomic mass is 9.83. The number of alkyl carbamates (subject to hydrolysis) is 1. The summed E-state index contributed by atoms with van der Waals surface area (Å²) in [4.78, 5) is 25.3. The fourth-order valence-corrected chi connectivity index (χ4v) is 5.15. The molecule has 2 aromatic rings. The Labute approximate surface area is 213 Å². The van der Waals surface area contributed by atoms with Gasteiger partial charge in [0.1, 0.15) is 11.9 Å². The maximum atomic E-state index is 12.4. The fourth-order valence-electron chi connectivity index (χ4n) is 4.96. The van der Waals surface area contributed by atoms with Crippen molar-refractivity contribution < 1.29 is 33.8 Å². The Bertz CT molecular complexity index is 1160. The predicted octanol–water partition coefficient (Wildman–Crippen LogP) is 3.56. The van der Waals surface area contributed by atoms with Gasteiger partial charge in [0.15, 0.2) is 18.1 Å². The summed E-state index contributed by atoms with van der Waals surface area (Å²) in [5, 5.41) is 26.5. The summed E-state index contributed by atoms with van der Waals surface area (Å²) in [7, 11) is 2.84. The largest absolute Gasteiger partial charge is 0.479 e. The molecule has 0 aromatic heterocycles. The lowest BCUT2D eigenvalue weighted by Crippen LogP contribution is -2.63. The third-order valence-corrected chi connectivity index (χ3v) is 6.76. The van der Waals surface area contributed by atoms with E-state index in [2.05, 4.69) is 5.32 Å². The number of non-ortho nitro benzene ring substituents is 1. The van der Waals surface area contributed by atoms with E-state index in [1.807, 2.05) is 0 Å². The van der Waals surface area contributed by atoms with Crippen molar-refractivity contribution in [3.63, 3.8) is 0 Å². The molecule has 2 aliphatic heterocycles. The van der Waals surface area contributed by atoms with E-state index in [-0.39, 0.29) is 12.1 Å². The molecule has 0 saturated carbocycles. The lowest BCUT2D eigenvalue weighted by molar-refractivity contribution is -0.385. The second-order valence-electron chi connectivity index (χ2n) is 8.73. The molecule has 194 valence electrons. The smallest absolute Gasteiger partial charge is 0.409 e. The van der Waals surface area contributed by atoms with Crippen LogP contribution in [0.5, 0.6) is 5.75 Å². The molecule has 0 saturated heterocycles. The van der Waals surface area contributed by atoms with Gasteiger partial charge in [-0.3, -0.25) is 10.1 Å². The molecule has 2 aromatic carbocycles. The fraction of sp³-hybridized carbons (Fsp3) is 0.458. The zero-order chi connectivity index (χ0) is 26.2. The first-order valence-electron chi connectivity index (χ1n) is 11.4. The number of anilines is 1. The van der Waals surface area contributed by atoms with Crippen LogP contribution in [0, 0.1) is 10.1 Å². The number of amides is 1. The molecule has 12 heteroatoms. The summed E-state index contributed by atoms with van der Waals surface area (Å²) >= 11 is 6.23. The molecule has 11 nitrogen and oxygen atoms in total. The first-order chi connectivity index (χ1) is 17.1. The van der Waals surface area contributed by atoms with Gasteiger partial charge in [0.05, 0.1) is 11.0 Å². The minimum absolute atomic E-state index is 0.176. The molecule has 0 unspecified atom stereocenters. The van der Waals surface area contributed by atoms with Crippen molar-refractivity contribution in [3.05, 3.63) is 62.7 Å². The van der Waals surface area contributed by atoms with E-state index in [0.29, 0.717) is 28.6 Å². The molecular weight excluding hydrogens is 494 g/mol. The Morgan fingerprint density at radius 1 is 1.33 bits per heavy atom. The minimum atomic E-state index is -1.43. The Balaban J connectivity index is 1.91. The molecule has 0 radical (unpaired) electrons. The summed E-state index contributed by atoms with van der Waals surface area (Å²) in [5.41, 5.74) is 0.199. The van der Waals surface area contributed by atoms with E-state index in [9.17, 15) is 20.0 Å². The number of fused-ring (bicyclic) bond motifs is 2. The van der Waals surface area contributed by atoms with E-state index in [0.717, 1.165) is 5.56 Å². The normalized spacial score (nSPS) is 24.6. The molecule has 4 atom stereocenters. The third kappa shape index (κ3) is 4.43. The Morgan fingerprint density at radius 3 is 2.69 bits per heavy atom.